The first-order valence-electron chi connectivity index (χ1n) is 11.4. The summed E-state index contributed by atoms with van der Waals surface area (Å²) in [6.07, 6.45) is 11.1. The smallest absolute Gasteiger partial charge is 0.220 e. The second-order valence-electron chi connectivity index (χ2n) is 10.9. The molecule has 1 saturated heterocycles. The van der Waals surface area contributed by atoms with Crippen LogP contribution < -0.4 is 5.32 Å². The molecule has 2 nitrogen and oxygen atoms in total. The van der Waals surface area contributed by atoms with E-state index in [0.29, 0.717) is 16.9 Å². The van der Waals surface area contributed by atoms with Gasteiger partial charge < -0.3 is 5.32 Å². The van der Waals surface area contributed by atoms with Crippen molar-refractivity contribution in [3.8, 4) is 0 Å². The number of halogens is 1. The predicted molar refractivity (Wildman–Crippen MR) is 114 cm³/mol. The number of hydrogen-bond acceptors (Lipinski definition) is 1. The lowest BCUT2D eigenvalue weighted by atomic mass is 9.48. The average Bonchev–Trinajstić information content (AvgIpc) is 3.00. The molecule has 4 aliphatic rings. The highest BCUT2D eigenvalue weighted by Crippen LogP contribution is 2.65. The zero-order valence-electron chi connectivity index (χ0n) is 17.3. The molecule has 1 aliphatic heterocycles. The summed E-state index contributed by atoms with van der Waals surface area (Å²) in [7, 11) is 0. The van der Waals surface area contributed by atoms with Gasteiger partial charge in [0.1, 0.15) is 0 Å². The van der Waals surface area contributed by atoms with Gasteiger partial charge in [0.25, 0.3) is 0 Å². The number of hydrogen-bond donors (Lipinski definition) is 1. The van der Waals surface area contributed by atoms with E-state index in [-0.39, 0.29) is 5.91 Å². The zero-order valence-corrected chi connectivity index (χ0v) is 18.1. The summed E-state index contributed by atoms with van der Waals surface area (Å²) in [6, 6.07) is 8.93. The molecule has 0 spiro atoms. The first-order chi connectivity index (χ1) is 13.4. The Balaban J connectivity index is 1.34. The molecule has 3 saturated carbocycles. The van der Waals surface area contributed by atoms with E-state index >= 15 is 0 Å². The van der Waals surface area contributed by atoms with Gasteiger partial charge in [0, 0.05) is 17.5 Å². The third kappa shape index (κ3) is 3.02. The standard InChI is InChI=1S/C25H34ClNO/c1-24-11-9-20-19(7-8-22-25(20,2)12-10-23(28)27-22)21(24)14-17(15-24)13-16-3-5-18(26)6-4-16/h3-6,17,19-22H,7-15H2,1-2H3,(H,27,28)/t17?,19-,20-,21+,22?,24-,25-/m1/s1. The lowest BCUT2D eigenvalue weighted by Crippen LogP contribution is -2.60. The van der Waals surface area contributed by atoms with Gasteiger partial charge in [0.05, 0.1) is 0 Å². The number of nitrogens with one attached hydrogen (secondary N) is 1. The van der Waals surface area contributed by atoms with E-state index < -0.39 is 0 Å². The van der Waals surface area contributed by atoms with Crippen LogP contribution in [0.15, 0.2) is 24.3 Å². The quantitative estimate of drug-likeness (QED) is 0.647. The van der Waals surface area contributed by atoms with Crippen LogP contribution in [0.2, 0.25) is 5.02 Å². The molecule has 7 atom stereocenters. The van der Waals surface area contributed by atoms with Crippen LogP contribution >= 0.6 is 11.6 Å². The molecule has 2 unspecified atom stereocenters. The van der Waals surface area contributed by atoms with E-state index in [0.717, 1.165) is 41.5 Å². The summed E-state index contributed by atoms with van der Waals surface area (Å²) in [5.41, 5.74) is 2.30. The molecule has 1 N–H and O–H groups in total. The fourth-order valence-electron chi connectivity index (χ4n) is 8.02. The third-order valence-corrected chi connectivity index (χ3v) is 9.64. The largest absolute Gasteiger partial charge is 0.353 e. The fourth-order valence-corrected chi connectivity index (χ4v) is 8.15. The lowest BCUT2D eigenvalue weighted by molar-refractivity contribution is -0.135. The second kappa shape index (κ2) is 6.76. The Bertz CT molecular complexity index is 760. The summed E-state index contributed by atoms with van der Waals surface area (Å²) in [4.78, 5) is 12.0. The Kier molecular flexibility index (Phi) is 4.58. The van der Waals surface area contributed by atoms with Crippen molar-refractivity contribution >= 4 is 17.5 Å². The topological polar surface area (TPSA) is 29.1 Å². The SMILES string of the molecule is C[C@]12CC[C@@H]3[C@@H](CCC4NC(=O)CC[C@@]43C)[C@@H]1CC(Cc1ccc(Cl)cc1)C2. The van der Waals surface area contributed by atoms with Gasteiger partial charge >= 0.3 is 0 Å². The molecular weight excluding hydrogens is 366 g/mol. The maximum absolute atomic E-state index is 12.0. The van der Waals surface area contributed by atoms with Crippen molar-refractivity contribution in [1.29, 1.82) is 0 Å². The minimum Gasteiger partial charge on any atom is -0.353 e. The molecule has 3 aliphatic carbocycles. The van der Waals surface area contributed by atoms with E-state index in [1.54, 1.807) is 0 Å². The van der Waals surface area contributed by atoms with Crippen molar-refractivity contribution < 1.29 is 4.79 Å². The van der Waals surface area contributed by atoms with Gasteiger partial charge in [-0.05, 0) is 104 Å². The number of benzene rings is 1. The number of amides is 1. The lowest BCUT2D eigenvalue weighted by Gasteiger charge is -2.59. The van der Waals surface area contributed by atoms with Crippen molar-refractivity contribution in [2.75, 3.05) is 0 Å². The molecule has 0 aromatic heterocycles. The van der Waals surface area contributed by atoms with Gasteiger partial charge in [-0.2, -0.15) is 0 Å². The molecular formula is C25H34ClNO. The minimum absolute atomic E-state index is 0.283. The molecule has 152 valence electrons. The van der Waals surface area contributed by atoms with Crippen LogP contribution in [-0.2, 0) is 11.2 Å². The maximum Gasteiger partial charge on any atom is 0.220 e. The highest BCUT2D eigenvalue weighted by atomic mass is 35.5. The van der Waals surface area contributed by atoms with Gasteiger partial charge in [-0.15, -0.1) is 0 Å². The van der Waals surface area contributed by atoms with Crippen molar-refractivity contribution in [2.24, 2.45) is 34.5 Å². The van der Waals surface area contributed by atoms with Gasteiger partial charge in [0.2, 0.25) is 5.91 Å². The Morgan fingerprint density at radius 2 is 1.86 bits per heavy atom. The zero-order chi connectivity index (χ0) is 19.5. The Hall–Kier alpha value is -1.02. The Morgan fingerprint density at radius 1 is 1.07 bits per heavy atom. The van der Waals surface area contributed by atoms with Crippen LogP contribution in [0.25, 0.3) is 0 Å². The van der Waals surface area contributed by atoms with Crippen LogP contribution in [-0.4, -0.2) is 11.9 Å². The summed E-state index contributed by atoms with van der Waals surface area (Å²) in [5, 5.41) is 4.19. The molecule has 1 amide bonds. The Morgan fingerprint density at radius 3 is 2.64 bits per heavy atom. The normalized spacial score (nSPS) is 45.0. The van der Waals surface area contributed by atoms with E-state index in [9.17, 15) is 4.79 Å². The molecule has 0 radical (unpaired) electrons. The van der Waals surface area contributed by atoms with E-state index in [4.69, 9.17) is 11.6 Å². The van der Waals surface area contributed by atoms with Crippen molar-refractivity contribution in [1.82, 2.24) is 5.32 Å². The minimum atomic E-state index is 0.283. The van der Waals surface area contributed by atoms with Gasteiger partial charge in [0.15, 0.2) is 0 Å². The van der Waals surface area contributed by atoms with E-state index in [1.165, 1.54) is 50.5 Å². The summed E-state index contributed by atoms with van der Waals surface area (Å²) in [6.45, 7) is 5.09. The van der Waals surface area contributed by atoms with Crippen LogP contribution in [0.5, 0.6) is 0 Å². The van der Waals surface area contributed by atoms with Crippen molar-refractivity contribution in [3.63, 3.8) is 0 Å². The number of carbonyl (C=O) groups excluding carboxylic acids is 1. The number of carbonyl (C=O) groups is 1. The van der Waals surface area contributed by atoms with Gasteiger partial charge in [-0.25, -0.2) is 0 Å². The van der Waals surface area contributed by atoms with Crippen molar-refractivity contribution in [2.45, 2.75) is 77.7 Å². The second-order valence-corrected chi connectivity index (χ2v) is 11.3. The molecule has 28 heavy (non-hydrogen) atoms. The first-order valence-corrected chi connectivity index (χ1v) is 11.8. The average molecular weight is 400 g/mol. The molecule has 1 heterocycles. The predicted octanol–water partition coefficient (Wildman–Crippen LogP) is 6.02. The highest BCUT2D eigenvalue weighted by Gasteiger charge is 2.59. The monoisotopic (exact) mass is 399 g/mol. The molecule has 5 rings (SSSR count). The molecule has 1 aromatic rings. The first kappa shape index (κ1) is 19.0. The molecule has 4 fully saturated rings. The van der Waals surface area contributed by atoms with Gasteiger partial charge in [-0.1, -0.05) is 37.6 Å². The summed E-state index contributed by atoms with van der Waals surface area (Å²) < 4.78 is 0. The number of piperidine rings is 1. The van der Waals surface area contributed by atoms with Crippen LogP contribution in [0.4, 0.5) is 0 Å². The van der Waals surface area contributed by atoms with Crippen molar-refractivity contribution in [3.05, 3.63) is 34.9 Å². The molecule has 3 heteroatoms. The highest BCUT2D eigenvalue weighted by molar-refractivity contribution is 6.30. The number of fused-ring (bicyclic) bond motifs is 5. The maximum atomic E-state index is 12.0. The summed E-state index contributed by atoms with van der Waals surface area (Å²) in [5.74, 6) is 3.64. The fraction of sp³-hybridized carbons (Fsp3) is 0.720. The van der Waals surface area contributed by atoms with Crippen LogP contribution in [0, 0.1) is 34.5 Å². The number of rotatable bonds is 2. The molecule has 1 aromatic carbocycles. The van der Waals surface area contributed by atoms with E-state index in [2.05, 4.69) is 31.3 Å². The molecule has 0 bridgehead atoms. The Labute approximate surface area is 174 Å². The third-order valence-electron chi connectivity index (χ3n) is 9.39. The van der Waals surface area contributed by atoms with E-state index in [1.807, 2.05) is 12.1 Å². The summed E-state index contributed by atoms with van der Waals surface area (Å²) >= 11 is 6.08. The van der Waals surface area contributed by atoms with Gasteiger partial charge in [-0.3, -0.25) is 4.79 Å². The van der Waals surface area contributed by atoms with Crippen LogP contribution in [0.3, 0.4) is 0 Å². The van der Waals surface area contributed by atoms with Crippen LogP contribution in [0.1, 0.15) is 70.8 Å².